The van der Waals surface area contributed by atoms with E-state index < -0.39 is 11.9 Å². The van der Waals surface area contributed by atoms with E-state index in [2.05, 4.69) is 10.6 Å². The summed E-state index contributed by atoms with van der Waals surface area (Å²) in [6.07, 6.45) is 3.21. The lowest BCUT2D eigenvalue weighted by molar-refractivity contribution is 0.0965. The molecule has 22 heavy (non-hydrogen) atoms. The summed E-state index contributed by atoms with van der Waals surface area (Å²) in [6.45, 7) is 2.00. The van der Waals surface area contributed by atoms with E-state index in [1.54, 1.807) is 30.3 Å². The van der Waals surface area contributed by atoms with E-state index in [9.17, 15) is 9.59 Å². The number of imide groups is 1. The Bertz CT molecular complexity index is 706. The van der Waals surface area contributed by atoms with Crippen molar-refractivity contribution in [2.75, 3.05) is 5.73 Å². The van der Waals surface area contributed by atoms with E-state index in [1.165, 1.54) is 6.20 Å². The zero-order chi connectivity index (χ0) is 15.9. The Morgan fingerprint density at radius 3 is 2.41 bits per heavy atom. The van der Waals surface area contributed by atoms with Gasteiger partial charge in [0.15, 0.2) is 0 Å². The second-order valence-electron chi connectivity index (χ2n) is 4.76. The van der Waals surface area contributed by atoms with Crippen LogP contribution in [0.3, 0.4) is 0 Å². The number of hydrogen-bond donors (Lipinski definition) is 3. The average Bonchev–Trinajstić information content (AvgIpc) is 2.49. The first-order valence-electron chi connectivity index (χ1n) is 6.76. The van der Waals surface area contributed by atoms with Crippen LogP contribution in [0.4, 0.5) is 10.5 Å². The molecule has 0 spiro atoms. The van der Waals surface area contributed by atoms with Gasteiger partial charge >= 0.3 is 6.03 Å². The van der Waals surface area contributed by atoms with Crippen LogP contribution in [0.2, 0.25) is 0 Å². The molecule has 0 radical (unpaired) electrons. The molecule has 0 aliphatic rings. The van der Waals surface area contributed by atoms with E-state index in [0.29, 0.717) is 5.69 Å². The number of urea groups is 1. The summed E-state index contributed by atoms with van der Waals surface area (Å²) in [4.78, 5) is 23.5. The summed E-state index contributed by atoms with van der Waals surface area (Å²) in [7, 11) is 0. The van der Waals surface area contributed by atoms with Gasteiger partial charge in [0.2, 0.25) is 0 Å². The molecule has 0 saturated carbocycles. The van der Waals surface area contributed by atoms with E-state index >= 15 is 0 Å². The molecular weight excluding hydrogens is 278 g/mol. The van der Waals surface area contributed by atoms with Crippen LogP contribution in [0, 0.1) is 6.92 Å². The molecule has 112 valence electrons. The number of nitrogens with two attached hydrogens (primary N) is 1. The largest absolute Gasteiger partial charge is 0.398 e. The summed E-state index contributed by atoms with van der Waals surface area (Å²) in [5.74, 6) is -0.542. The highest BCUT2D eigenvalue weighted by molar-refractivity contribution is 6.07. The lowest BCUT2D eigenvalue weighted by atomic mass is 10.1. The highest BCUT2D eigenvalue weighted by Crippen LogP contribution is 2.09. The summed E-state index contributed by atoms with van der Waals surface area (Å²) >= 11 is 0. The number of carbonyl (C=O) groups is 2. The van der Waals surface area contributed by atoms with Crippen LogP contribution in [-0.4, -0.2) is 11.9 Å². The topological polar surface area (TPSA) is 84.2 Å². The molecule has 0 aromatic heterocycles. The molecule has 0 aliphatic carbocycles. The van der Waals surface area contributed by atoms with Crippen LogP contribution in [0.15, 0.2) is 54.7 Å². The summed E-state index contributed by atoms with van der Waals surface area (Å²) < 4.78 is 0. The highest BCUT2D eigenvalue weighted by atomic mass is 16.2. The number of benzene rings is 2. The minimum Gasteiger partial charge on any atom is -0.398 e. The Kier molecular flexibility index (Phi) is 4.93. The van der Waals surface area contributed by atoms with Crippen LogP contribution in [0.25, 0.3) is 6.08 Å². The lowest BCUT2D eigenvalue weighted by Crippen LogP contribution is -2.37. The van der Waals surface area contributed by atoms with Gasteiger partial charge in [-0.1, -0.05) is 42.0 Å². The molecule has 5 heteroatoms. The van der Waals surface area contributed by atoms with Gasteiger partial charge in [0.1, 0.15) is 0 Å². The molecule has 2 rings (SSSR count). The van der Waals surface area contributed by atoms with E-state index in [-0.39, 0.29) is 5.56 Å². The number of amides is 3. The van der Waals surface area contributed by atoms with Gasteiger partial charge in [-0.25, -0.2) is 4.79 Å². The van der Waals surface area contributed by atoms with Crippen molar-refractivity contribution in [1.29, 1.82) is 0 Å². The minimum atomic E-state index is -0.614. The molecule has 0 unspecified atom stereocenters. The predicted molar refractivity (Wildman–Crippen MR) is 87.1 cm³/mol. The monoisotopic (exact) mass is 295 g/mol. The van der Waals surface area contributed by atoms with Crippen LogP contribution >= 0.6 is 0 Å². The lowest BCUT2D eigenvalue weighted by Gasteiger charge is -2.05. The van der Waals surface area contributed by atoms with E-state index in [0.717, 1.165) is 11.1 Å². The zero-order valence-electron chi connectivity index (χ0n) is 12.2. The Morgan fingerprint density at radius 2 is 1.73 bits per heavy atom. The van der Waals surface area contributed by atoms with Crippen molar-refractivity contribution >= 4 is 23.7 Å². The number of carbonyl (C=O) groups excluding carboxylic acids is 2. The first-order valence-corrected chi connectivity index (χ1v) is 6.76. The fourth-order valence-electron chi connectivity index (χ4n) is 1.80. The molecule has 0 saturated heterocycles. The first-order chi connectivity index (χ1) is 10.6. The number of nitrogen functional groups attached to an aromatic ring is 1. The Morgan fingerprint density at radius 1 is 1.05 bits per heavy atom. The molecule has 0 fully saturated rings. The molecule has 3 amide bonds. The highest BCUT2D eigenvalue weighted by Gasteiger charge is 2.11. The quantitative estimate of drug-likeness (QED) is 0.761. The summed E-state index contributed by atoms with van der Waals surface area (Å²) in [6, 6.07) is 13.8. The Hall–Kier alpha value is -3.08. The van der Waals surface area contributed by atoms with Gasteiger partial charge in [-0.3, -0.25) is 10.1 Å². The van der Waals surface area contributed by atoms with Crippen molar-refractivity contribution in [1.82, 2.24) is 10.6 Å². The van der Waals surface area contributed by atoms with Gasteiger partial charge in [-0.05, 0) is 30.7 Å². The number of nitrogens with one attached hydrogen (secondary N) is 2. The normalized spacial score (nSPS) is 10.4. The van der Waals surface area contributed by atoms with Crippen molar-refractivity contribution in [2.24, 2.45) is 0 Å². The van der Waals surface area contributed by atoms with Crippen molar-refractivity contribution in [3.05, 3.63) is 71.4 Å². The van der Waals surface area contributed by atoms with E-state index in [4.69, 9.17) is 5.73 Å². The van der Waals surface area contributed by atoms with Crippen molar-refractivity contribution in [3.63, 3.8) is 0 Å². The third-order valence-electron chi connectivity index (χ3n) is 3.00. The minimum absolute atomic E-state index is 0.264. The van der Waals surface area contributed by atoms with Gasteiger partial charge < -0.3 is 11.1 Å². The van der Waals surface area contributed by atoms with Gasteiger partial charge in [-0.2, -0.15) is 0 Å². The molecule has 5 nitrogen and oxygen atoms in total. The number of hydrogen-bond acceptors (Lipinski definition) is 3. The van der Waals surface area contributed by atoms with Gasteiger partial charge in [0.25, 0.3) is 5.91 Å². The van der Waals surface area contributed by atoms with Crippen LogP contribution in [-0.2, 0) is 0 Å². The molecule has 0 atom stereocenters. The van der Waals surface area contributed by atoms with Crippen molar-refractivity contribution in [2.45, 2.75) is 6.92 Å². The van der Waals surface area contributed by atoms with Crippen LogP contribution < -0.4 is 16.4 Å². The average molecular weight is 295 g/mol. The molecular formula is C17H17N3O2. The van der Waals surface area contributed by atoms with Gasteiger partial charge in [0.05, 0.1) is 5.56 Å². The second-order valence-corrected chi connectivity index (χ2v) is 4.76. The van der Waals surface area contributed by atoms with Gasteiger partial charge in [-0.15, -0.1) is 0 Å². The molecule has 0 heterocycles. The molecule has 4 N–H and O–H groups in total. The zero-order valence-corrected chi connectivity index (χ0v) is 12.2. The van der Waals surface area contributed by atoms with Crippen molar-refractivity contribution < 1.29 is 9.59 Å². The SMILES string of the molecule is Cc1ccc(/C=C/NC(=O)NC(=O)c2ccccc2N)cc1. The first kappa shape index (κ1) is 15.3. The number of anilines is 1. The summed E-state index contributed by atoms with van der Waals surface area (Å²) in [5, 5.41) is 4.69. The predicted octanol–water partition coefficient (Wildman–Crippen LogP) is 2.69. The molecule has 2 aromatic carbocycles. The summed E-state index contributed by atoms with van der Waals surface area (Å²) in [5.41, 5.74) is 8.37. The molecule has 0 aliphatic heterocycles. The third-order valence-corrected chi connectivity index (χ3v) is 3.00. The second kappa shape index (κ2) is 7.08. The maximum atomic E-state index is 11.9. The number of para-hydroxylation sites is 1. The fraction of sp³-hybridized carbons (Fsp3) is 0.0588. The third kappa shape index (κ3) is 4.21. The van der Waals surface area contributed by atoms with Crippen molar-refractivity contribution in [3.8, 4) is 0 Å². The maximum absolute atomic E-state index is 11.9. The fourth-order valence-corrected chi connectivity index (χ4v) is 1.80. The van der Waals surface area contributed by atoms with Gasteiger partial charge in [0, 0.05) is 11.9 Å². The Labute approximate surface area is 128 Å². The molecule has 2 aromatic rings. The van der Waals surface area contributed by atoms with Crippen LogP contribution in [0.5, 0.6) is 0 Å². The standard InChI is InChI=1S/C17H17N3O2/c1-12-6-8-13(9-7-12)10-11-19-17(22)20-16(21)14-4-2-3-5-15(14)18/h2-11H,18H2,1H3,(H2,19,20,21,22)/b11-10+. The van der Waals surface area contributed by atoms with Crippen LogP contribution in [0.1, 0.15) is 21.5 Å². The Balaban J connectivity index is 1.89. The smallest absolute Gasteiger partial charge is 0.325 e. The number of rotatable bonds is 3. The molecule has 0 bridgehead atoms. The number of aryl methyl sites for hydroxylation is 1. The maximum Gasteiger partial charge on any atom is 0.325 e. The van der Waals surface area contributed by atoms with E-state index in [1.807, 2.05) is 31.2 Å².